The van der Waals surface area contributed by atoms with Crippen LogP contribution in [0.3, 0.4) is 0 Å². The Hall–Kier alpha value is -1.52. The molecule has 0 spiro atoms. The van der Waals surface area contributed by atoms with Crippen LogP contribution >= 0.6 is 11.6 Å². The smallest absolute Gasteiger partial charge is 0.122 e. The van der Waals surface area contributed by atoms with Crippen LogP contribution in [0.2, 0.25) is 5.02 Å². The average molecular weight is 281 g/mol. The Morgan fingerprint density at radius 2 is 2.26 bits per heavy atom. The van der Waals surface area contributed by atoms with Crippen LogP contribution in [-0.2, 0) is 6.54 Å². The van der Waals surface area contributed by atoms with E-state index in [0.717, 1.165) is 18.5 Å². The molecule has 5 heteroatoms. The molecule has 0 aliphatic carbocycles. The first-order valence-corrected chi connectivity index (χ1v) is 6.58. The Morgan fingerprint density at radius 3 is 2.95 bits per heavy atom. The van der Waals surface area contributed by atoms with Gasteiger partial charge in [-0.25, -0.2) is 0 Å². The number of hydrogen-bond acceptors (Lipinski definition) is 3. The van der Waals surface area contributed by atoms with E-state index in [-0.39, 0.29) is 0 Å². The molecule has 1 aromatic carbocycles. The van der Waals surface area contributed by atoms with Crippen LogP contribution < -0.4 is 4.74 Å². The molecule has 1 heterocycles. The number of ether oxygens (including phenoxy) is 1. The van der Waals surface area contributed by atoms with Crippen LogP contribution in [0, 0.1) is 0 Å². The van der Waals surface area contributed by atoms with Crippen molar-refractivity contribution in [1.29, 1.82) is 0 Å². The van der Waals surface area contributed by atoms with Crippen molar-refractivity contribution >= 4 is 11.6 Å². The number of rotatable bonds is 5. The minimum Gasteiger partial charge on any atom is -0.497 e. The molecule has 0 saturated heterocycles. The van der Waals surface area contributed by atoms with E-state index in [1.807, 2.05) is 18.2 Å². The quantitative estimate of drug-likeness (QED) is 0.916. The molecule has 1 aromatic heterocycles. The predicted molar refractivity (Wildman–Crippen MR) is 74.6 cm³/mol. The second kappa shape index (κ2) is 6.08. The molecular weight excluding hydrogens is 264 g/mol. The summed E-state index contributed by atoms with van der Waals surface area (Å²) < 4.78 is 6.91. The maximum atomic E-state index is 10.5. The van der Waals surface area contributed by atoms with E-state index in [9.17, 15) is 5.11 Å². The molecule has 1 N–H and O–H groups in total. The van der Waals surface area contributed by atoms with Crippen LogP contribution in [0.4, 0.5) is 0 Å². The predicted octanol–water partition coefficient (Wildman–Crippen LogP) is 3.04. The number of benzene rings is 1. The molecule has 0 bridgehead atoms. The molecule has 1 atom stereocenters. The summed E-state index contributed by atoms with van der Waals surface area (Å²) in [6.45, 7) is 2.78. The van der Waals surface area contributed by atoms with Crippen LogP contribution in [-0.4, -0.2) is 22.0 Å². The Balaban J connectivity index is 2.37. The molecule has 19 heavy (non-hydrogen) atoms. The van der Waals surface area contributed by atoms with Gasteiger partial charge >= 0.3 is 0 Å². The molecule has 4 nitrogen and oxygen atoms in total. The summed E-state index contributed by atoms with van der Waals surface area (Å²) in [5.41, 5.74) is 1.36. The highest BCUT2D eigenvalue weighted by molar-refractivity contribution is 6.31. The number of aliphatic hydroxyl groups is 1. The fourth-order valence-corrected chi connectivity index (χ4v) is 2.25. The van der Waals surface area contributed by atoms with Crippen LogP contribution in [0.1, 0.15) is 30.7 Å². The van der Waals surface area contributed by atoms with Crippen molar-refractivity contribution < 1.29 is 9.84 Å². The van der Waals surface area contributed by atoms with Gasteiger partial charge < -0.3 is 9.84 Å². The largest absolute Gasteiger partial charge is 0.497 e. The Bertz CT molecular complexity index is 554. The Morgan fingerprint density at radius 1 is 1.47 bits per heavy atom. The van der Waals surface area contributed by atoms with Crippen molar-refractivity contribution in [3.05, 3.63) is 46.7 Å². The van der Waals surface area contributed by atoms with Gasteiger partial charge in [0.25, 0.3) is 0 Å². The highest BCUT2D eigenvalue weighted by atomic mass is 35.5. The number of methoxy groups -OCH3 is 1. The lowest BCUT2D eigenvalue weighted by Gasteiger charge is -2.15. The van der Waals surface area contributed by atoms with Gasteiger partial charge in [-0.05, 0) is 24.1 Å². The highest BCUT2D eigenvalue weighted by Crippen LogP contribution is 2.29. The fourth-order valence-electron chi connectivity index (χ4n) is 2.00. The summed E-state index contributed by atoms with van der Waals surface area (Å²) in [6, 6.07) is 7.31. The topological polar surface area (TPSA) is 47.3 Å². The first-order chi connectivity index (χ1) is 9.17. The van der Waals surface area contributed by atoms with Crippen LogP contribution in [0.15, 0.2) is 30.5 Å². The van der Waals surface area contributed by atoms with E-state index in [2.05, 4.69) is 12.0 Å². The van der Waals surface area contributed by atoms with Gasteiger partial charge in [0.2, 0.25) is 0 Å². The SMILES string of the molecule is CCCn1ncc(Cl)c1C(O)c1cccc(OC)c1. The van der Waals surface area contributed by atoms with Crippen molar-refractivity contribution in [2.45, 2.75) is 26.0 Å². The van der Waals surface area contributed by atoms with Crippen molar-refractivity contribution in [1.82, 2.24) is 9.78 Å². The van der Waals surface area contributed by atoms with Crippen molar-refractivity contribution in [2.75, 3.05) is 7.11 Å². The number of hydrogen-bond donors (Lipinski definition) is 1. The standard InChI is InChI=1S/C14H17ClN2O2/c1-3-7-17-13(12(15)9-16-17)14(18)10-5-4-6-11(8-10)19-2/h4-6,8-9,14,18H,3,7H2,1-2H3. The van der Waals surface area contributed by atoms with Crippen LogP contribution in [0.5, 0.6) is 5.75 Å². The number of aromatic nitrogens is 2. The maximum Gasteiger partial charge on any atom is 0.122 e. The molecular formula is C14H17ClN2O2. The van der Waals surface area contributed by atoms with Crippen molar-refractivity contribution in [3.8, 4) is 5.75 Å². The lowest BCUT2D eigenvalue weighted by molar-refractivity contribution is 0.207. The molecule has 0 saturated carbocycles. The minimum absolute atomic E-state index is 0.476. The molecule has 2 aromatic rings. The zero-order valence-electron chi connectivity index (χ0n) is 11.0. The van der Waals surface area contributed by atoms with E-state index in [1.54, 1.807) is 24.1 Å². The average Bonchev–Trinajstić information content (AvgIpc) is 2.79. The van der Waals surface area contributed by atoms with Crippen molar-refractivity contribution in [2.24, 2.45) is 0 Å². The molecule has 102 valence electrons. The van der Waals surface area contributed by atoms with E-state index >= 15 is 0 Å². The molecule has 1 unspecified atom stereocenters. The van der Waals surface area contributed by atoms with Gasteiger partial charge in [0.1, 0.15) is 11.9 Å². The molecule has 0 aliphatic heterocycles. The van der Waals surface area contributed by atoms with E-state index in [0.29, 0.717) is 16.5 Å². The van der Waals surface area contributed by atoms with Gasteiger partial charge in [-0.1, -0.05) is 30.7 Å². The molecule has 0 aliphatic rings. The molecule has 0 fully saturated rings. The van der Waals surface area contributed by atoms with E-state index in [4.69, 9.17) is 16.3 Å². The van der Waals surface area contributed by atoms with Gasteiger partial charge in [-0.3, -0.25) is 4.68 Å². The first-order valence-electron chi connectivity index (χ1n) is 6.20. The number of halogens is 1. The third kappa shape index (κ3) is 2.91. The number of aryl methyl sites for hydroxylation is 1. The van der Waals surface area contributed by atoms with Gasteiger partial charge in [0, 0.05) is 6.54 Å². The normalized spacial score (nSPS) is 12.4. The third-order valence-electron chi connectivity index (χ3n) is 2.94. The third-order valence-corrected chi connectivity index (χ3v) is 3.23. The Labute approximate surface area is 117 Å². The summed E-state index contributed by atoms with van der Waals surface area (Å²) in [6.07, 6.45) is 1.68. The van der Waals surface area contributed by atoms with Gasteiger partial charge in [-0.2, -0.15) is 5.10 Å². The fraction of sp³-hybridized carbons (Fsp3) is 0.357. The van der Waals surface area contributed by atoms with Crippen molar-refractivity contribution in [3.63, 3.8) is 0 Å². The minimum atomic E-state index is -0.809. The molecule has 0 radical (unpaired) electrons. The lowest BCUT2D eigenvalue weighted by atomic mass is 10.1. The number of aliphatic hydroxyl groups excluding tert-OH is 1. The van der Waals surface area contributed by atoms with Crippen LogP contribution in [0.25, 0.3) is 0 Å². The first kappa shape index (κ1) is 13.9. The summed E-state index contributed by atoms with van der Waals surface area (Å²) in [7, 11) is 1.60. The van der Waals surface area contributed by atoms with Gasteiger partial charge in [-0.15, -0.1) is 0 Å². The molecule has 2 rings (SSSR count). The maximum absolute atomic E-state index is 10.5. The molecule has 0 amide bonds. The monoisotopic (exact) mass is 280 g/mol. The number of nitrogens with zero attached hydrogens (tertiary/aromatic N) is 2. The van der Waals surface area contributed by atoms with Gasteiger partial charge in [0.15, 0.2) is 0 Å². The second-order valence-corrected chi connectivity index (χ2v) is 4.69. The Kier molecular flexibility index (Phi) is 4.45. The zero-order chi connectivity index (χ0) is 13.8. The van der Waals surface area contributed by atoms with E-state index in [1.165, 1.54) is 0 Å². The summed E-state index contributed by atoms with van der Waals surface area (Å²) in [4.78, 5) is 0. The lowest BCUT2D eigenvalue weighted by Crippen LogP contribution is -2.10. The van der Waals surface area contributed by atoms with Gasteiger partial charge in [0.05, 0.1) is 24.0 Å². The second-order valence-electron chi connectivity index (χ2n) is 4.28. The zero-order valence-corrected chi connectivity index (χ0v) is 11.8. The van der Waals surface area contributed by atoms with E-state index < -0.39 is 6.10 Å². The highest BCUT2D eigenvalue weighted by Gasteiger charge is 2.20. The summed E-state index contributed by atoms with van der Waals surface area (Å²) in [5, 5.41) is 15.2. The summed E-state index contributed by atoms with van der Waals surface area (Å²) >= 11 is 6.12. The summed E-state index contributed by atoms with van der Waals surface area (Å²) in [5.74, 6) is 0.703.